The molecule has 0 aliphatic carbocycles. The maximum absolute atomic E-state index is 11.8. The van der Waals surface area contributed by atoms with Gasteiger partial charge in [0.25, 0.3) is 0 Å². The van der Waals surface area contributed by atoms with Crippen LogP contribution < -0.4 is 10.1 Å². The first-order valence-corrected chi connectivity index (χ1v) is 8.03. The van der Waals surface area contributed by atoms with E-state index in [-0.39, 0.29) is 24.5 Å². The van der Waals surface area contributed by atoms with E-state index in [0.29, 0.717) is 11.4 Å². The van der Waals surface area contributed by atoms with E-state index in [9.17, 15) is 9.59 Å². The Kier molecular flexibility index (Phi) is 6.15. The number of carbonyl (C=O) groups is 2. The molecule has 0 aliphatic heterocycles. The van der Waals surface area contributed by atoms with Gasteiger partial charge in [-0.25, -0.2) is 0 Å². The third-order valence-corrected chi connectivity index (χ3v) is 4.18. The summed E-state index contributed by atoms with van der Waals surface area (Å²) in [5, 5.41) is 4.70. The number of benzene rings is 1. The average molecular weight is 317 g/mol. The van der Waals surface area contributed by atoms with Gasteiger partial charge in [0.2, 0.25) is 5.91 Å². The van der Waals surface area contributed by atoms with Gasteiger partial charge in [-0.2, -0.15) is 0 Å². The van der Waals surface area contributed by atoms with Gasteiger partial charge in [0.05, 0.1) is 12.0 Å². The van der Waals surface area contributed by atoms with E-state index in [1.54, 1.807) is 13.2 Å². The van der Waals surface area contributed by atoms with Crippen molar-refractivity contribution in [2.75, 3.05) is 13.7 Å². The monoisotopic (exact) mass is 317 g/mol. The van der Waals surface area contributed by atoms with Crippen molar-refractivity contribution in [3.8, 4) is 5.75 Å². The van der Waals surface area contributed by atoms with Gasteiger partial charge in [-0.15, -0.1) is 11.3 Å². The molecule has 1 amide bonds. The number of ether oxygens (including phenoxy) is 1. The molecule has 2 aromatic rings. The normalized spacial score (nSPS) is 10.2. The molecule has 0 aliphatic rings. The molecule has 0 atom stereocenters. The number of hydrogen-bond acceptors (Lipinski definition) is 4. The van der Waals surface area contributed by atoms with Crippen molar-refractivity contribution in [2.45, 2.75) is 19.3 Å². The van der Waals surface area contributed by atoms with Gasteiger partial charge < -0.3 is 10.1 Å². The molecule has 22 heavy (non-hydrogen) atoms. The van der Waals surface area contributed by atoms with Crippen LogP contribution >= 0.6 is 11.3 Å². The predicted octanol–water partition coefficient (Wildman–Crippen LogP) is 3.08. The second-order valence-electron chi connectivity index (χ2n) is 4.85. The van der Waals surface area contributed by atoms with Gasteiger partial charge in [0.1, 0.15) is 5.75 Å². The van der Waals surface area contributed by atoms with Crippen LogP contribution in [0, 0.1) is 0 Å². The van der Waals surface area contributed by atoms with Crippen LogP contribution in [-0.4, -0.2) is 25.3 Å². The highest BCUT2D eigenvalue weighted by molar-refractivity contribution is 7.12. The second kappa shape index (κ2) is 8.34. The van der Waals surface area contributed by atoms with Crippen molar-refractivity contribution in [1.29, 1.82) is 0 Å². The molecule has 0 bridgehead atoms. The minimum atomic E-state index is -0.0848. The van der Waals surface area contributed by atoms with Crippen molar-refractivity contribution in [2.24, 2.45) is 0 Å². The predicted molar refractivity (Wildman–Crippen MR) is 87.6 cm³/mol. The zero-order valence-electron chi connectivity index (χ0n) is 12.5. The fraction of sp³-hybridized carbons (Fsp3) is 0.294. The van der Waals surface area contributed by atoms with E-state index < -0.39 is 0 Å². The van der Waals surface area contributed by atoms with E-state index in [1.165, 1.54) is 11.3 Å². The molecular weight excluding hydrogens is 298 g/mol. The molecule has 4 nitrogen and oxygen atoms in total. The average Bonchev–Trinajstić information content (AvgIpc) is 3.08. The van der Waals surface area contributed by atoms with E-state index in [2.05, 4.69) is 5.32 Å². The number of thiophene rings is 1. The molecule has 1 N–H and O–H groups in total. The number of methoxy groups -OCH3 is 1. The summed E-state index contributed by atoms with van der Waals surface area (Å²) in [6, 6.07) is 11.4. The van der Waals surface area contributed by atoms with Crippen LogP contribution in [0.15, 0.2) is 41.8 Å². The fourth-order valence-electron chi connectivity index (χ4n) is 2.01. The van der Waals surface area contributed by atoms with Gasteiger partial charge in [0, 0.05) is 19.4 Å². The summed E-state index contributed by atoms with van der Waals surface area (Å²) in [6.45, 7) is 0.568. The zero-order valence-corrected chi connectivity index (χ0v) is 13.3. The first-order valence-electron chi connectivity index (χ1n) is 7.15. The molecular formula is C17H19NO3S. The Balaban J connectivity index is 1.66. The van der Waals surface area contributed by atoms with Crippen LogP contribution in [0.3, 0.4) is 0 Å². The third kappa shape index (κ3) is 5.00. The van der Waals surface area contributed by atoms with Crippen LogP contribution in [0.2, 0.25) is 0 Å². The van der Waals surface area contributed by atoms with Crippen molar-refractivity contribution in [3.63, 3.8) is 0 Å². The highest BCUT2D eigenvalue weighted by Crippen LogP contribution is 2.13. The minimum Gasteiger partial charge on any atom is -0.497 e. The van der Waals surface area contributed by atoms with Gasteiger partial charge in [-0.1, -0.05) is 18.2 Å². The lowest BCUT2D eigenvalue weighted by Gasteiger charge is -2.06. The van der Waals surface area contributed by atoms with Gasteiger partial charge in [-0.3, -0.25) is 9.59 Å². The van der Waals surface area contributed by atoms with E-state index >= 15 is 0 Å². The molecule has 2 rings (SSSR count). The molecule has 0 saturated carbocycles. The number of carbonyl (C=O) groups excluding carboxylic acids is 2. The van der Waals surface area contributed by atoms with Gasteiger partial charge in [-0.05, 0) is 35.6 Å². The summed E-state index contributed by atoms with van der Waals surface area (Å²) in [5.41, 5.74) is 1.13. The molecule has 1 aromatic carbocycles. The van der Waals surface area contributed by atoms with Crippen molar-refractivity contribution in [3.05, 3.63) is 52.2 Å². The number of hydrogen-bond donors (Lipinski definition) is 1. The van der Waals surface area contributed by atoms with Crippen LogP contribution in [0.1, 0.15) is 28.1 Å². The quantitative estimate of drug-likeness (QED) is 0.761. The SMILES string of the molecule is COc1ccc(CCNC(=O)CCC(=O)c2cccs2)cc1. The summed E-state index contributed by atoms with van der Waals surface area (Å²) in [4.78, 5) is 24.2. The Labute approximate surface area is 134 Å². The number of amides is 1. The summed E-state index contributed by atoms with van der Waals surface area (Å²) < 4.78 is 5.10. The Morgan fingerprint density at radius 1 is 1.14 bits per heavy atom. The molecule has 116 valence electrons. The Morgan fingerprint density at radius 2 is 1.91 bits per heavy atom. The van der Waals surface area contributed by atoms with Crippen molar-refractivity contribution in [1.82, 2.24) is 5.32 Å². The van der Waals surface area contributed by atoms with Gasteiger partial charge in [0.15, 0.2) is 5.78 Å². The lowest BCUT2D eigenvalue weighted by atomic mass is 10.1. The highest BCUT2D eigenvalue weighted by Gasteiger charge is 2.09. The fourth-order valence-corrected chi connectivity index (χ4v) is 2.71. The molecule has 0 saturated heterocycles. The molecule has 0 spiro atoms. The molecule has 0 radical (unpaired) electrons. The van der Waals surface area contributed by atoms with Crippen molar-refractivity contribution >= 4 is 23.0 Å². The maximum Gasteiger partial charge on any atom is 0.220 e. The Hall–Kier alpha value is -2.14. The Morgan fingerprint density at radius 3 is 2.55 bits per heavy atom. The smallest absolute Gasteiger partial charge is 0.220 e. The maximum atomic E-state index is 11.8. The van der Waals surface area contributed by atoms with Crippen LogP contribution in [0.5, 0.6) is 5.75 Å². The summed E-state index contributed by atoms with van der Waals surface area (Å²) in [5.74, 6) is 0.763. The molecule has 0 unspecified atom stereocenters. The second-order valence-corrected chi connectivity index (χ2v) is 5.80. The third-order valence-electron chi connectivity index (χ3n) is 3.27. The first-order chi connectivity index (χ1) is 10.7. The topological polar surface area (TPSA) is 55.4 Å². The lowest BCUT2D eigenvalue weighted by molar-refractivity contribution is -0.121. The number of Topliss-reactive ketones (excluding diaryl/α,β-unsaturated/α-hetero) is 1. The van der Waals surface area contributed by atoms with Crippen LogP contribution in [-0.2, 0) is 11.2 Å². The van der Waals surface area contributed by atoms with E-state index in [4.69, 9.17) is 4.74 Å². The summed E-state index contributed by atoms with van der Waals surface area (Å²) >= 11 is 1.41. The van der Waals surface area contributed by atoms with E-state index in [1.807, 2.05) is 35.7 Å². The van der Waals surface area contributed by atoms with Crippen molar-refractivity contribution < 1.29 is 14.3 Å². The number of ketones is 1. The number of nitrogens with one attached hydrogen (secondary N) is 1. The molecule has 1 aromatic heterocycles. The summed E-state index contributed by atoms with van der Waals surface area (Å²) in [7, 11) is 1.63. The van der Waals surface area contributed by atoms with Crippen LogP contribution in [0.4, 0.5) is 0 Å². The first kappa shape index (κ1) is 16.2. The lowest BCUT2D eigenvalue weighted by Crippen LogP contribution is -2.26. The van der Waals surface area contributed by atoms with E-state index in [0.717, 1.165) is 17.7 Å². The molecule has 0 fully saturated rings. The van der Waals surface area contributed by atoms with Crippen LogP contribution in [0.25, 0.3) is 0 Å². The summed E-state index contributed by atoms with van der Waals surface area (Å²) in [6.07, 6.45) is 1.25. The minimum absolute atomic E-state index is 0.0281. The zero-order chi connectivity index (χ0) is 15.8. The highest BCUT2D eigenvalue weighted by atomic mass is 32.1. The largest absolute Gasteiger partial charge is 0.497 e. The standard InChI is InChI=1S/C17H19NO3S/c1-21-14-6-4-13(5-7-14)10-11-18-17(20)9-8-15(19)16-3-2-12-22-16/h2-7,12H,8-11H2,1H3,(H,18,20). The Bertz CT molecular complexity index is 605. The molecule has 1 heterocycles. The molecule has 5 heteroatoms. The van der Waals surface area contributed by atoms with Gasteiger partial charge >= 0.3 is 0 Å². The number of rotatable bonds is 8.